The molecule has 0 aliphatic heterocycles. The smallest absolute Gasteiger partial charge is 0.251 e. The molecule has 2 aliphatic carbocycles. The number of benzene rings is 2. The van der Waals surface area contributed by atoms with E-state index in [9.17, 15) is 9.59 Å². The van der Waals surface area contributed by atoms with Gasteiger partial charge in [-0.3, -0.25) is 9.59 Å². The Hall–Kier alpha value is -2.37. The molecule has 0 spiro atoms. The van der Waals surface area contributed by atoms with E-state index in [4.69, 9.17) is 16.3 Å². The third-order valence-corrected chi connectivity index (χ3v) is 5.60. The molecule has 0 bridgehead atoms. The molecule has 2 aliphatic rings. The quantitative estimate of drug-likeness (QED) is 0.678. The summed E-state index contributed by atoms with van der Waals surface area (Å²) in [5.74, 6) is -0.0442. The molecule has 152 valence electrons. The summed E-state index contributed by atoms with van der Waals surface area (Å²) in [6, 6.07) is 15.6. The van der Waals surface area contributed by atoms with Crippen LogP contribution in [0.1, 0.15) is 47.2 Å². The molecule has 2 amide bonds. The lowest BCUT2D eigenvalue weighted by Gasteiger charge is -2.23. The van der Waals surface area contributed by atoms with Crippen LogP contribution in [0.3, 0.4) is 0 Å². The first-order valence-corrected chi connectivity index (χ1v) is 10.5. The Morgan fingerprint density at radius 3 is 2.41 bits per heavy atom. The molecule has 0 heterocycles. The summed E-state index contributed by atoms with van der Waals surface area (Å²) in [4.78, 5) is 26.7. The van der Waals surface area contributed by atoms with Crippen molar-refractivity contribution in [1.82, 2.24) is 10.2 Å². The zero-order valence-electron chi connectivity index (χ0n) is 16.3. The summed E-state index contributed by atoms with van der Waals surface area (Å²) < 4.78 is 5.62. The van der Waals surface area contributed by atoms with Crippen molar-refractivity contribution < 1.29 is 14.3 Å². The van der Waals surface area contributed by atoms with Crippen molar-refractivity contribution in [1.29, 1.82) is 0 Å². The van der Waals surface area contributed by atoms with Crippen molar-refractivity contribution in [3.63, 3.8) is 0 Å². The van der Waals surface area contributed by atoms with Crippen molar-refractivity contribution in [3.8, 4) is 0 Å². The van der Waals surface area contributed by atoms with Crippen molar-refractivity contribution >= 4 is 23.4 Å². The minimum absolute atomic E-state index is 0.0184. The third-order valence-electron chi connectivity index (χ3n) is 5.23. The highest BCUT2D eigenvalue weighted by Crippen LogP contribution is 2.29. The van der Waals surface area contributed by atoms with E-state index in [0.29, 0.717) is 29.8 Å². The maximum Gasteiger partial charge on any atom is 0.251 e. The van der Waals surface area contributed by atoms with Gasteiger partial charge < -0.3 is 15.0 Å². The van der Waals surface area contributed by atoms with Crippen LogP contribution >= 0.6 is 11.6 Å². The van der Waals surface area contributed by atoms with Gasteiger partial charge in [-0.1, -0.05) is 41.9 Å². The van der Waals surface area contributed by atoms with E-state index in [1.807, 2.05) is 53.4 Å². The Balaban J connectivity index is 1.31. The molecule has 4 rings (SSSR count). The number of nitrogens with one attached hydrogen (secondary N) is 1. The van der Waals surface area contributed by atoms with E-state index < -0.39 is 0 Å². The number of carbonyl (C=O) groups is 2. The van der Waals surface area contributed by atoms with Crippen LogP contribution in [0.2, 0.25) is 5.02 Å². The molecule has 0 saturated heterocycles. The number of nitrogens with zero attached hydrogens (tertiary/aromatic N) is 1. The molecule has 1 N–H and O–H groups in total. The molecular formula is C23H25ClN2O3. The molecular weight excluding hydrogens is 388 g/mol. The van der Waals surface area contributed by atoms with Crippen molar-refractivity contribution in [2.75, 3.05) is 6.61 Å². The number of ether oxygens (including phenoxy) is 1. The zero-order valence-corrected chi connectivity index (χ0v) is 17.0. The number of halogens is 1. The van der Waals surface area contributed by atoms with Gasteiger partial charge >= 0.3 is 0 Å². The number of carbonyl (C=O) groups excluding carboxylic acids is 2. The van der Waals surface area contributed by atoms with Gasteiger partial charge in [0.05, 0.1) is 6.61 Å². The van der Waals surface area contributed by atoms with Crippen LogP contribution in [0.4, 0.5) is 0 Å². The number of hydrogen-bond acceptors (Lipinski definition) is 3. The molecule has 6 heteroatoms. The first-order chi connectivity index (χ1) is 14.1. The fraction of sp³-hybridized carbons (Fsp3) is 0.391. The van der Waals surface area contributed by atoms with Gasteiger partial charge in [0.25, 0.3) is 5.91 Å². The Kier molecular flexibility index (Phi) is 6.16. The molecule has 2 aromatic rings. The molecule has 5 nitrogen and oxygen atoms in total. The summed E-state index contributed by atoms with van der Waals surface area (Å²) in [6.07, 6.45) is 4.19. The maximum absolute atomic E-state index is 12.7. The van der Waals surface area contributed by atoms with Gasteiger partial charge in [0.1, 0.15) is 6.61 Å². The lowest BCUT2D eigenvalue weighted by molar-refractivity contribution is -0.137. The average Bonchev–Trinajstić information content (AvgIpc) is 3.63. The van der Waals surface area contributed by atoms with E-state index >= 15 is 0 Å². The number of amides is 2. The summed E-state index contributed by atoms with van der Waals surface area (Å²) >= 11 is 6.13. The van der Waals surface area contributed by atoms with Crippen LogP contribution in [0.5, 0.6) is 0 Å². The van der Waals surface area contributed by atoms with Crippen LogP contribution in [-0.2, 0) is 22.7 Å². The van der Waals surface area contributed by atoms with E-state index in [-0.39, 0.29) is 24.5 Å². The van der Waals surface area contributed by atoms with E-state index in [0.717, 1.165) is 36.8 Å². The van der Waals surface area contributed by atoms with Gasteiger partial charge in [-0.25, -0.2) is 0 Å². The van der Waals surface area contributed by atoms with Gasteiger partial charge in [0.2, 0.25) is 5.91 Å². The second-order valence-electron chi connectivity index (χ2n) is 7.78. The average molecular weight is 413 g/mol. The molecule has 29 heavy (non-hydrogen) atoms. The van der Waals surface area contributed by atoms with Crippen molar-refractivity contribution in [2.45, 2.75) is 50.9 Å². The fourth-order valence-electron chi connectivity index (χ4n) is 3.21. The zero-order chi connectivity index (χ0) is 20.2. The summed E-state index contributed by atoms with van der Waals surface area (Å²) in [6.45, 7) is 0.877. The van der Waals surface area contributed by atoms with Crippen LogP contribution in [0.25, 0.3) is 0 Å². The summed E-state index contributed by atoms with van der Waals surface area (Å²) in [5.41, 5.74) is 2.55. The Morgan fingerprint density at radius 2 is 1.76 bits per heavy atom. The largest absolute Gasteiger partial charge is 0.367 e. The topological polar surface area (TPSA) is 58.6 Å². The van der Waals surface area contributed by atoms with Crippen LogP contribution in [-0.4, -0.2) is 35.4 Å². The molecule has 2 fully saturated rings. The highest BCUT2D eigenvalue weighted by atomic mass is 35.5. The normalized spacial score (nSPS) is 15.8. The minimum atomic E-state index is -0.0258. The Labute approximate surface area is 176 Å². The van der Waals surface area contributed by atoms with E-state index in [1.165, 1.54) is 0 Å². The molecule has 2 saturated carbocycles. The Bertz CT molecular complexity index is 876. The minimum Gasteiger partial charge on any atom is -0.367 e. The van der Waals surface area contributed by atoms with Crippen LogP contribution in [0.15, 0.2) is 48.5 Å². The summed E-state index contributed by atoms with van der Waals surface area (Å²) in [5, 5.41) is 3.63. The van der Waals surface area contributed by atoms with Crippen molar-refractivity contribution in [2.24, 2.45) is 0 Å². The highest BCUT2D eigenvalue weighted by Gasteiger charge is 2.32. The first kappa shape index (κ1) is 19.9. The molecule has 0 radical (unpaired) electrons. The lowest BCUT2D eigenvalue weighted by atomic mass is 10.1. The van der Waals surface area contributed by atoms with Gasteiger partial charge in [-0.2, -0.15) is 0 Å². The standard InChI is InChI=1S/C23H25ClN2O3/c24-21-4-2-1-3-18(21)14-29-15-22(27)26(20-11-12-20)13-16-5-7-17(8-6-16)23(28)25-19-9-10-19/h1-8,19-20H,9-15H2,(H,25,28). The first-order valence-electron chi connectivity index (χ1n) is 10.1. The second-order valence-corrected chi connectivity index (χ2v) is 8.19. The van der Waals surface area contributed by atoms with E-state index in [1.54, 1.807) is 0 Å². The van der Waals surface area contributed by atoms with Crippen LogP contribution < -0.4 is 5.32 Å². The third kappa shape index (κ3) is 5.58. The number of hydrogen-bond donors (Lipinski definition) is 1. The van der Waals surface area contributed by atoms with Crippen molar-refractivity contribution in [3.05, 3.63) is 70.2 Å². The molecule has 0 aromatic heterocycles. The number of rotatable bonds is 9. The van der Waals surface area contributed by atoms with Crippen LogP contribution in [0, 0.1) is 0 Å². The predicted molar refractivity (Wildman–Crippen MR) is 112 cm³/mol. The fourth-order valence-corrected chi connectivity index (χ4v) is 3.40. The van der Waals surface area contributed by atoms with Gasteiger partial charge in [0.15, 0.2) is 0 Å². The highest BCUT2D eigenvalue weighted by molar-refractivity contribution is 6.31. The molecule has 0 atom stereocenters. The maximum atomic E-state index is 12.7. The van der Waals surface area contributed by atoms with Gasteiger partial charge in [0, 0.05) is 29.2 Å². The Morgan fingerprint density at radius 1 is 1.03 bits per heavy atom. The van der Waals surface area contributed by atoms with Gasteiger partial charge in [-0.05, 0) is 55.0 Å². The monoisotopic (exact) mass is 412 g/mol. The summed E-state index contributed by atoms with van der Waals surface area (Å²) in [7, 11) is 0. The predicted octanol–water partition coefficient (Wildman–Crippen LogP) is 3.94. The molecule has 0 unspecified atom stereocenters. The second kappa shape index (κ2) is 8.97. The van der Waals surface area contributed by atoms with E-state index in [2.05, 4.69) is 5.32 Å². The SMILES string of the molecule is O=C(NC1CC1)c1ccc(CN(C(=O)COCc2ccccc2Cl)C2CC2)cc1. The van der Waals surface area contributed by atoms with Gasteiger partial charge in [-0.15, -0.1) is 0 Å². The lowest BCUT2D eigenvalue weighted by Crippen LogP contribution is -2.35. The molecule has 2 aromatic carbocycles.